The van der Waals surface area contributed by atoms with Crippen molar-refractivity contribution in [2.45, 2.75) is 78.4 Å². The molecule has 0 spiro atoms. The average Bonchev–Trinajstić information content (AvgIpc) is 3.56. The smallest absolute Gasteiger partial charge is 0.410 e. The largest absolute Gasteiger partial charge is 0.413 e. The van der Waals surface area contributed by atoms with Crippen molar-refractivity contribution in [1.29, 1.82) is 0 Å². The molecule has 2 aromatic rings. The lowest BCUT2D eigenvalue weighted by Crippen LogP contribution is -2.58. The molecule has 2 heterocycles. The summed E-state index contributed by atoms with van der Waals surface area (Å²) < 4.78 is 5.37. The summed E-state index contributed by atoms with van der Waals surface area (Å²) in [5.41, 5.74) is 4.76. The zero-order valence-electron chi connectivity index (χ0n) is 23.3. The van der Waals surface area contributed by atoms with Gasteiger partial charge in [-0.3, -0.25) is 9.59 Å². The van der Waals surface area contributed by atoms with Gasteiger partial charge in [-0.1, -0.05) is 51.1 Å². The van der Waals surface area contributed by atoms with Crippen molar-refractivity contribution < 1.29 is 19.1 Å². The Morgan fingerprint density at radius 2 is 1.85 bits per heavy atom. The summed E-state index contributed by atoms with van der Waals surface area (Å²) in [4.78, 5) is 46.9. The number of benzene rings is 1. The summed E-state index contributed by atoms with van der Waals surface area (Å²) in [5.74, 6) is -0.0484. The molecule has 1 aliphatic heterocycles. The van der Waals surface area contributed by atoms with Crippen LogP contribution in [0.2, 0.25) is 0 Å². The fraction of sp³-hybridized carbons (Fsp3) is 0.467. The molecule has 1 fully saturated rings. The van der Waals surface area contributed by atoms with Crippen LogP contribution in [0.4, 0.5) is 4.79 Å². The topological polar surface area (TPSA) is 101 Å². The van der Waals surface area contributed by atoms with Crippen LogP contribution in [-0.4, -0.2) is 52.5 Å². The predicted molar refractivity (Wildman–Crippen MR) is 153 cm³/mol. The first-order chi connectivity index (χ1) is 18.5. The van der Waals surface area contributed by atoms with Crippen LogP contribution < -0.4 is 15.4 Å². The SMILES string of the molecule is Cc1ncsc1C1=CC=C([C@H](C)NC(=O)[C@@H]2CCCN2C(=O)[C@@H](NC(=O)Oc2ccccc2)C(C)(C)C)CC1. The molecule has 4 rings (SSSR count). The van der Waals surface area contributed by atoms with Crippen LogP contribution >= 0.6 is 11.3 Å². The van der Waals surface area contributed by atoms with Gasteiger partial charge in [0.15, 0.2) is 0 Å². The van der Waals surface area contributed by atoms with Gasteiger partial charge in [0.2, 0.25) is 11.8 Å². The lowest BCUT2D eigenvalue weighted by Gasteiger charge is -2.35. The highest BCUT2D eigenvalue weighted by Gasteiger charge is 2.42. The van der Waals surface area contributed by atoms with Gasteiger partial charge in [-0.05, 0) is 68.2 Å². The van der Waals surface area contributed by atoms with Gasteiger partial charge in [0.1, 0.15) is 17.8 Å². The van der Waals surface area contributed by atoms with Gasteiger partial charge < -0.3 is 20.3 Å². The van der Waals surface area contributed by atoms with Crippen LogP contribution in [-0.2, 0) is 9.59 Å². The van der Waals surface area contributed by atoms with Crippen LogP contribution in [0.15, 0.2) is 53.6 Å². The van der Waals surface area contributed by atoms with Crippen molar-refractivity contribution in [3.05, 3.63) is 64.1 Å². The highest BCUT2D eigenvalue weighted by molar-refractivity contribution is 7.10. The Morgan fingerprint density at radius 1 is 1.10 bits per heavy atom. The zero-order chi connectivity index (χ0) is 28.2. The number of aryl methyl sites for hydroxylation is 1. The van der Waals surface area contributed by atoms with E-state index >= 15 is 0 Å². The second-order valence-electron chi connectivity index (χ2n) is 11.3. The van der Waals surface area contributed by atoms with Gasteiger partial charge in [-0.15, -0.1) is 11.3 Å². The molecule has 0 unspecified atom stereocenters. The number of ether oxygens (including phenoxy) is 1. The van der Waals surface area contributed by atoms with Crippen LogP contribution in [0.5, 0.6) is 5.75 Å². The van der Waals surface area contributed by atoms with E-state index < -0.39 is 23.6 Å². The van der Waals surface area contributed by atoms with Gasteiger partial charge in [-0.2, -0.15) is 0 Å². The molecule has 2 aliphatic rings. The quantitative estimate of drug-likeness (QED) is 0.490. The molecule has 1 aromatic carbocycles. The number of aromatic nitrogens is 1. The second kappa shape index (κ2) is 12.2. The highest BCUT2D eigenvalue weighted by Crippen LogP contribution is 2.32. The predicted octanol–water partition coefficient (Wildman–Crippen LogP) is 5.25. The Morgan fingerprint density at radius 3 is 2.46 bits per heavy atom. The molecule has 0 saturated carbocycles. The normalized spacial score (nSPS) is 19.0. The van der Waals surface area contributed by atoms with Crippen molar-refractivity contribution in [3.63, 3.8) is 0 Å². The van der Waals surface area contributed by atoms with Gasteiger partial charge in [0.05, 0.1) is 16.1 Å². The lowest BCUT2D eigenvalue weighted by atomic mass is 9.85. The maximum Gasteiger partial charge on any atom is 0.413 e. The number of hydrogen-bond acceptors (Lipinski definition) is 6. The first kappa shape index (κ1) is 28.5. The van der Waals surface area contributed by atoms with Gasteiger partial charge in [0, 0.05) is 12.6 Å². The molecule has 2 N–H and O–H groups in total. The molecule has 0 radical (unpaired) electrons. The first-order valence-electron chi connectivity index (χ1n) is 13.5. The summed E-state index contributed by atoms with van der Waals surface area (Å²) in [6.07, 6.45) is 6.60. The number of hydrogen-bond donors (Lipinski definition) is 2. The minimum Gasteiger partial charge on any atom is -0.410 e. The number of para-hydroxylation sites is 1. The van der Waals surface area contributed by atoms with Crippen molar-refractivity contribution in [1.82, 2.24) is 20.5 Å². The molecule has 9 heteroatoms. The van der Waals surface area contributed by atoms with E-state index in [1.807, 2.05) is 46.2 Å². The number of allylic oxidation sites excluding steroid dienone is 3. The number of carbonyl (C=O) groups excluding carboxylic acids is 3. The maximum atomic E-state index is 13.7. The number of nitrogens with one attached hydrogen (secondary N) is 2. The number of thiazole rings is 1. The molecule has 1 aliphatic carbocycles. The second-order valence-corrected chi connectivity index (χ2v) is 12.1. The molecule has 1 aromatic heterocycles. The molecular weight excluding hydrogens is 512 g/mol. The number of rotatable bonds is 7. The maximum absolute atomic E-state index is 13.7. The van der Waals surface area contributed by atoms with E-state index in [0.717, 1.165) is 30.5 Å². The molecule has 3 amide bonds. The summed E-state index contributed by atoms with van der Waals surface area (Å²) in [6, 6.07) is 7.14. The van der Waals surface area contributed by atoms with Crippen LogP contribution in [0.3, 0.4) is 0 Å². The number of likely N-dealkylation sites (tertiary alicyclic amines) is 1. The zero-order valence-corrected chi connectivity index (χ0v) is 24.1. The number of carbonyl (C=O) groups is 3. The van der Waals surface area contributed by atoms with E-state index in [9.17, 15) is 14.4 Å². The Hall–Kier alpha value is -3.46. The van der Waals surface area contributed by atoms with Gasteiger partial charge >= 0.3 is 6.09 Å². The average molecular weight is 551 g/mol. The lowest BCUT2D eigenvalue weighted by molar-refractivity contribution is -0.142. The van der Waals surface area contributed by atoms with Crippen LogP contribution in [0.25, 0.3) is 5.57 Å². The minimum atomic E-state index is -0.848. The van der Waals surface area contributed by atoms with Crippen molar-refractivity contribution in [3.8, 4) is 5.75 Å². The van der Waals surface area contributed by atoms with Crippen molar-refractivity contribution >= 4 is 34.8 Å². The van der Waals surface area contributed by atoms with Gasteiger partial charge in [-0.25, -0.2) is 9.78 Å². The van der Waals surface area contributed by atoms with E-state index in [2.05, 4.69) is 27.8 Å². The Labute approximate surface area is 234 Å². The molecular formula is C30H38N4O4S. The van der Waals surface area contributed by atoms with E-state index in [0.29, 0.717) is 18.7 Å². The van der Waals surface area contributed by atoms with E-state index in [1.165, 1.54) is 10.5 Å². The van der Waals surface area contributed by atoms with E-state index in [4.69, 9.17) is 4.74 Å². The fourth-order valence-corrected chi connectivity index (χ4v) is 5.94. The Balaban J connectivity index is 1.40. The summed E-state index contributed by atoms with van der Waals surface area (Å²) in [6.45, 7) is 10.1. The third kappa shape index (κ3) is 6.95. The number of nitrogens with zero attached hydrogens (tertiary/aromatic N) is 2. The molecule has 39 heavy (non-hydrogen) atoms. The molecule has 3 atom stereocenters. The van der Waals surface area contributed by atoms with Crippen LogP contribution in [0, 0.1) is 12.3 Å². The van der Waals surface area contributed by atoms with E-state index in [1.54, 1.807) is 40.5 Å². The van der Waals surface area contributed by atoms with E-state index in [-0.39, 0.29) is 17.9 Å². The third-order valence-electron chi connectivity index (χ3n) is 7.30. The first-order valence-corrected chi connectivity index (χ1v) is 14.4. The van der Waals surface area contributed by atoms with Crippen molar-refractivity contribution in [2.75, 3.05) is 6.54 Å². The van der Waals surface area contributed by atoms with Crippen molar-refractivity contribution in [2.24, 2.45) is 5.41 Å². The van der Waals surface area contributed by atoms with Gasteiger partial charge in [0.25, 0.3) is 0 Å². The summed E-state index contributed by atoms with van der Waals surface area (Å²) in [7, 11) is 0. The standard InChI is InChI=1S/C30H38N4O4S/c1-19(21-13-15-22(16-14-21)25-20(2)31-18-39-25)32-27(35)24-12-9-17-34(24)28(36)26(30(3,4)5)33-29(37)38-23-10-7-6-8-11-23/h6-8,10-11,13,15,18-19,24,26H,9,12,14,16-17H2,1-5H3,(H,32,35)(H,33,37)/t19-,24-,26+/m0/s1. The molecule has 208 valence electrons. The molecule has 8 nitrogen and oxygen atoms in total. The monoisotopic (exact) mass is 550 g/mol. The molecule has 1 saturated heterocycles. The highest BCUT2D eigenvalue weighted by atomic mass is 32.1. The van der Waals surface area contributed by atoms with Crippen LogP contribution in [0.1, 0.15) is 63.9 Å². The Kier molecular flexibility index (Phi) is 8.90. The fourth-order valence-electron chi connectivity index (χ4n) is 5.08. The third-order valence-corrected chi connectivity index (χ3v) is 8.31. The minimum absolute atomic E-state index is 0.146. The molecule has 0 bridgehead atoms. The number of amides is 3. The summed E-state index contributed by atoms with van der Waals surface area (Å²) >= 11 is 1.65. The Bertz CT molecular complexity index is 1260. The summed E-state index contributed by atoms with van der Waals surface area (Å²) in [5, 5.41) is 5.89.